The van der Waals surface area contributed by atoms with Crippen molar-refractivity contribution in [1.82, 2.24) is 0 Å². The minimum Gasteiger partial charge on any atom is -0.324 e. The maximum atomic E-state index is 13.6. The zero-order valence-electron chi connectivity index (χ0n) is 10.5. The number of benzene rings is 2. The number of nitrogens with two attached hydrogens (primary N) is 1. The maximum Gasteiger partial charge on any atom is 0.130 e. The van der Waals surface area contributed by atoms with Gasteiger partial charge in [0, 0.05) is 22.7 Å². The molecule has 2 aromatic rings. The van der Waals surface area contributed by atoms with Crippen molar-refractivity contribution in [3.05, 3.63) is 69.7 Å². The van der Waals surface area contributed by atoms with Gasteiger partial charge in [0.25, 0.3) is 0 Å². The van der Waals surface area contributed by atoms with Crippen LogP contribution in [-0.2, 0) is 6.42 Å². The summed E-state index contributed by atoms with van der Waals surface area (Å²) in [6.45, 7) is 1.94. The highest BCUT2D eigenvalue weighted by atomic mass is 35.5. The fourth-order valence-electron chi connectivity index (χ4n) is 1.97. The highest BCUT2D eigenvalue weighted by molar-refractivity contribution is 6.31. The molecule has 0 aliphatic heterocycles. The van der Waals surface area contributed by atoms with Crippen LogP contribution in [0.15, 0.2) is 36.4 Å². The van der Waals surface area contributed by atoms with Crippen LogP contribution in [0.25, 0.3) is 0 Å². The second kappa shape index (κ2) is 5.68. The lowest BCUT2D eigenvalue weighted by molar-refractivity contribution is 0.554. The van der Waals surface area contributed by atoms with Crippen LogP contribution >= 0.6 is 11.6 Å². The highest BCUT2D eigenvalue weighted by Crippen LogP contribution is 2.24. The van der Waals surface area contributed by atoms with Crippen molar-refractivity contribution in [2.24, 2.45) is 5.73 Å². The van der Waals surface area contributed by atoms with E-state index in [-0.39, 0.29) is 5.56 Å². The summed E-state index contributed by atoms with van der Waals surface area (Å²) in [4.78, 5) is 0. The maximum absolute atomic E-state index is 13.6. The molecule has 2 aromatic carbocycles. The second-order valence-corrected chi connectivity index (χ2v) is 4.98. The predicted molar refractivity (Wildman–Crippen MR) is 73.2 cm³/mol. The van der Waals surface area contributed by atoms with Crippen LogP contribution < -0.4 is 5.73 Å². The van der Waals surface area contributed by atoms with Crippen LogP contribution in [0.2, 0.25) is 5.02 Å². The monoisotopic (exact) mass is 281 g/mol. The molecule has 0 bridgehead atoms. The molecule has 0 aromatic heterocycles. The third-order valence-corrected chi connectivity index (χ3v) is 3.36. The summed E-state index contributed by atoms with van der Waals surface area (Å²) in [6, 6.07) is 8.50. The largest absolute Gasteiger partial charge is 0.324 e. The van der Waals surface area contributed by atoms with E-state index in [9.17, 15) is 8.78 Å². The molecule has 0 radical (unpaired) electrons. The van der Waals surface area contributed by atoms with Gasteiger partial charge in [-0.2, -0.15) is 0 Å². The first kappa shape index (κ1) is 14.0. The van der Waals surface area contributed by atoms with Crippen LogP contribution in [-0.4, -0.2) is 0 Å². The molecule has 2 N–H and O–H groups in total. The molecular weight excluding hydrogens is 268 g/mol. The van der Waals surface area contributed by atoms with Gasteiger partial charge in [-0.1, -0.05) is 29.8 Å². The van der Waals surface area contributed by atoms with Crippen LogP contribution in [0.4, 0.5) is 8.78 Å². The molecule has 0 heterocycles. The first-order chi connectivity index (χ1) is 8.97. The van der Waals surface area contributed by atoms with Crippen molar-refractivity contribution in [1.29, 1.82) is 0 Å². The molecule has 19 heavy (non-hydrogen) atoms. The predicted octanol–water partition coefficient (Wildman–Crippen LogP) is 4.17. The molecule has 1 unspecified atom stereocenters. The summed E-state index contributed by atoms with van der Waals surface area (Å²) in [5.74, 6) is -1.24. The Morgan fingerprint density at radius 2 is 1.89 bits per heavy atom. The first-order valence-corrected chi connectivity index (χ1v) is 6.30. The topological polar surface area (TPSA) is 26.0 Å². The van der Waals surface area contributed by atoms with Crippen molar-refractivity contribution >= 4 is 11.6 Å². The lowest BCUT2D eigenvalue weighted by Gasteiger charge is -2.14. The van der Waals surface area contributed by atoms with Gasteiger partial charge in [0.1, 0.15) is 11.6 Å². The van der Waals surface area contributed by atoms with Gasteiger partial charge in [-0.05, 0) is 36.6 Å². The molecule has 0 amide bonds. The standard InChI is InChI=1S/C15H14ClF2N/c1-9-2-3-10(13(16)6-9)7-15(19)12-5-4-11(17)8-14(12)18/h2-6,8,15H,7,19H2,1H3. The van der Waals surface area contributed by atoms with Crippen molar-refractivity contribution < 1.29 is 8.78 Å². The molecule has 0 aliphatic rings. The van der Waals surface area contributed by atoms with Crippen molar-refractivity contribution in [3.8, 4) is 0 Å². The van der Waals surface area contributed by atoms with Gasteiger partial charge in [-0.25, -0.2) is 8.78 Å². The van der Waals surface area contributed by atoms with E-state index in [0.29, 0.717) is 11.4 Å². The van der Waals surface area contributed by atoms with Crippen LogP contribution in [0.1, 0.15) is 22.7 Å². The quantitative estimate of drug-likeness (QED) is 0.898. The van der Waals surface area contributed by atoms with Crippen molar-refractivity contribution in [2.75, 3.05) is 0 Å². The third-order valence-electron chi connectivity index (χ3n) is 3.01. The van der Waals surface area contributed by atoms with Gasteiger partial charge in [-0.15, -0.1) is 0 Å². The lowest BCUT2D eigenvalue weighted by atomic mass is 9.98. The van der Waals surface area contributed by atoms with E-state index in [0.717, 1.165) is 17.2 Å². The van der Waals surface area contributed by atoms with Gasteiger partial charge >= 0.3 is 0 Å². The zero-order chi connectivity index (χ0) is 14.0. The Kier molecular flexibility index (Phi) is 4.17. The first-order valence-electron chi connectivity index (χ1n) is 5.93. The fraction of sp³-hybridized carbons (Fsp3) is 0.200. The zero-order valence-corrected chi connectivity index (χ0v) is 11.2. The molecule has 0 aliphatic carbocycles. The number of hydrogen-bond donors (Lipinski definition) is 1. The van der Waals surface area contributed by atoms with E-state index >= 15 is 0 Å². The number of aryl methyl sites for hydroxylation is 1. The van der Waals surface area contributed by atoms with Gasteiger partial charge < -0.3 is 5.73 Å². The molecule has 100 valence electrons. The number of rotatable bonds is 3. The molecular formula is C15H14ClF2N. The van der Waals surface area contributed by atoms with E-state index in [1.165, 1.54) is 12.1 Å². The summed E-state index contributed by atoms with van der Waals surface area (Å²) >= 11 is 6.12. The van der Waals surface area contributed by atoms with E-state index < -0.39 is 17.7 Å². The Morgan fingerprint density at radius 3 is 2.53 bits per heavy atom. The Bertz CT molecular complexity index is 599. The third kappa shape index (κ3) is 3.31. The molecule has 1 atom stereocenters. The second-order valence-electron chi connectivity index (χ2n) is 4.57. The SMILES string of the molecule is Cc1ccc(CC(N)c2ccc(F)cc2F)c(Cl)c1. The van der Waals surface area contributed by atoms with E-state index in [2.05, 4.69) is 0 Å². The number of halogens is 3. The minimum absolute atomic E-state index is 0.290. The van der Waals surface area contributed by atoms with Gasteiger partial charge in [0.15, 0.2) is 0 Å². The fourth-order valence-corrected chi connectivity index (χ4v) is 2.28. The summed E-state index contributed by atoms with van der Waals surface area (Å²) in [6.07, 6.45) is 0.404. The van der Waals surface area contributed by atoms with Crippen molar-refractivity contribution in [2.45, 2.75) is 19.4 Å². The Balaban J connectivity index is 2.23. The van der Waals surface area contributed by atoms with E-state index in [1.807, 2.05) is 25.1 Å². The van der Waals surface area contributed by atoms with Gasteiger partial charge in [-0.3, -0.25) is 0 Å². The lowest BCUT2D eigenvalue weighted by Crippen LogP contribution is -2.15. The number of hydrogen-bond acceptors (Lipinski definition) is 1. The highest BCUT2D eigenvalue weighted by Gasteiger charge is 2.14. The van der Waals surface area contributed by atoms with E-state index in [4.69, 9.17) is 17.3 Å². The molecule has 0 fully saturated rings. The molecule has 1 nitrogen and oxygen atoms in total. The average molecular weight is 282 g/mol. The smallest absolute Gasteiger partial charge is 0.130 e. The average Bonchev–Trinajstić information content (AvgIpc) is 2.32. The molecule has 0 saturated carbocycles. The van der Waals surface area contributed by atoms with Crippen LogP contribution in [0, 0.1) is 18.6 Å². The van der Waals surface area contributed by atoms with Crippen LogP contribution in [0.3, 0.4) is 0 Å². The minimum atomic E-state index is -0.629. The Labute approximate surface area is 116 Å². The molecule has 4 heteroatoms. The molecule has 0 saturated heterocycles. The Hall–Kier alpha value is -1.45. The van der Waals surface area contributed by atoms with Crippen LogP contribution in [0.5, 0.6) is 0 Å². The summed E-state index contributed by atoms with van der Waals surface area (Å²) in [5.41, 5.74) is 8.16. The van der Waals surface area contributed by atoms with E-state index in [1.54, 1.807) is 0 Å². The summed E-state index contributed by atoms with van der Waals surface area (Å²) < 4.78 is 26.5. The van der Waals surface area contributed by atoms with Gasteiger partial charge in [0.2, 0.25) is 0 Å². The molecule has 0 spiro atoms. The molecule has 2 rings (SSSR count). The van der Waals surface area contributed by atoms with Crippen molar-refractivity contribution in [3.63, 3.8) is 0 Å². The Morgan fingerprint density at radius 1 is 1.16 bits per heavy atom. The van der Waals surface area contributed by atoms with Gasteiger partial charge in [0.05, 0.1) is 0 Å². The normalized spacial score (nSPS) is 12.5. The summed E-state index contributed by atoms with van der Waals surface area (Å²) in [7, 11) is 0. The summed E-state index contributed by atoms with van der Waals surface area (Å²) in [5, 5.41) is 0.609.